The number of nitrogens with one attached hydrogen (secondary N) is 8. The van der Waals surface area contributed by atoms with Gasteiger partial charge in [-0.1, -0.05) is 60.7 Å². The monoisotopic (exact) mass is 1190 g/mol. The fourth-order valence-electron chi connectivity index (χ4n) is 10.0. The first-order valence-corrected chi connectivity index (χ1v) is 28.9. The molecule has 2 fully saturated rings. The summed E-state index contributed by atoms with van der Waals surface area (Å²) in [5.41, 5.74) is 3.12. The van der Waals surface area contributed by atoms with E-state index in [1.807, 2.05) is 36.4 Å². The topological polar surface area (TPSA) is 345 Å². The number of aliphatic hydroxyl groups excluding tert-OH is 2. The molecule has 8 bridgehead atoms. The summed E-state index contributed by atoms with van der Waals surface area (Å²) in [6, 6.07) is 19.8. The van der Waals surface area contributed by atoms with Crippen LogP contribution in [0.2, 0.25) is 0 Å². The van der Waals surface area contributed by atoms with Gasteiger partial charge >= 0.3 is 0 Å². The smallest absolute Gasteiger partial charge is 0.260 e. The van der Waals surface area contributed by atoms with Crippen LogP contribution in [0, 0.1) is 11.8 Å². The first-order chi connectivity index (χ1) is 41.2. The number of aromatic nitrogens is 1. The van der Waals surface area contributed by atoms with Crippen LogP contribution in [0.25, 0.3) is 0 Å². The number of benzene rings is 3. The highest BCUT2D eigenvalue weighted by molar-refractivity contribution is 5.96. The van der Waals surface area contributed by atoms with Crippen molar-refractivity contribution in [1.29, 1.82) is 0 Å². The van der Waals surface area contributed by atoms with Crippen LogP contribution in [-0.4, -0.2) is 172 Å². The van der Waals surface area contributed by atoms with Gasteiger partial charge in [0.05, 0.1) is 24.0 Å². The minimum atomic E-state index is -1.33. The second-order valence-corrected chi connectivity index (χ2v) is 22.0. The fourth-order valence-corrected chi connectivity index (χ4v) is 10.0. The van der Waals surface area contributed by atoms with E-state index in [1.54, 1.807) is 76.8 Å². The Morgan fingerprint density at radius 3 is 1.37 bits per heavy atom. The molecule has 25 nitrogen and oxygen atoms in total. The fraction of sp³-hybridized carbons (Fsp3) is 0.459. The Hall–Kier alpha value is -8.97. The molecule has 0 aliphatic carbocycles. The molecule has 0 unspecified atom stereocenters. The van der Waals surface area contributed by atoms with Crippen molar-refractivity contribution in [2.75, 3.05) is 39.4 Å². The Kier molecular flexibility index (Phi) is 23.5. The van der Waals surface area contributed by atoms with Crippen LogP contribution in [0.1, 0.15) is 75.6 Å². The van der Waals surface area contributed by atoms with E-state index in [0.717, 1.165) is 22.3 Å². The lowest BCUT2D eigenvalue weighted by Crippen LogP contribution is -2.59. The van der Waals surface area contributed by atoms with Gasteiger partial charge in [-0.25, -0.2) is 0 Å². The number of pyridine rings is 1. The quantitative estimate of drug-likeness (QED) is 0.0991. The summed E-state index contributed by atoms with van der Waals surface area (Å²) in [5.74, 6) is -5.35. The maximum absolute atomic E-state index is 13.2. The number of hydrogen-bond acceptors (Lipinski definition) is 15. The molecule has 6 aliphatic heterocycles. The molecule has 10 N–H and O–H groups in total. The van der Waals surface area contributed by atoms with Crippen molar-refractivity contribution in [3.63, 3.8) is 0 Å². The molecule has 0 saturated carbocycles. The maximum Gasteiger partial charge on any atom is 0.260 e. The summed E-state index contributed by atoms with van der Waals surface area (Å²) >= 11 is 0. The number of ether oxygens (including phenoxy) is 2. The summed E-state index contributed by atoms with van der Waals surface area (Å²) in [5, 5.41) is 41.9. The Balaban J connectivity index is 0.000000246. The molecule has 3 aromatic carbocycles. The van der Waals surface area contributed by atoms with Crippen molar-refractivity contribution in [3.8, 4) is 11.5 Å². The molecule has 0 spiro atoms. The molecule has 25 heteroatoms. The summed E-state index contributed by atoms with van der Waals surface area (Å²) in [6.07, 6.45) is 3.21. The van der Waals surface area contributed by atoms with Gasteiger partial charge in [0.25, 0.3) is 11.8 Å². The molecule has 460 valence electrons. The van der Waals surface area contributed by atoms with Crippen molar-refractivity contribution >= 4 is 59.1 Å². The maximum atomic E-state index is 13.2. The van der Waals surface area contributed by atoms with Crippen molar-refractivity contribution in [2.45, 2.75) is 128 Å². The lowest BCUT2D eigenvalue weighted by molar-refractivity contribution is -0.140. The van der Waals surface area contributed by atoms with Crippen LogP contribution in [-0.2, 0) is 73.9 Å². The molecule has 0 radical (unpaired) electrons. The first kappa shape index (κ1) is 64.6. The molecule has 10 atom stereocenters. The normalized spacial score (nSPS) is 24.6. The summed E-state index contributed by atoms with van der Waals surface area (Å²) in [4.78, 5) is 138. The molecule has 10 amide bonds. The van der Waals surface area contributed by atoms with Crippen molar-refractivity contribution < 1.29 is 67.6 Å². The van der Waals surface area contributed by atoms with E-state index in [1.165, 1.54) is 27.7 Å². The van der Waals surface area contributed by atoms with E-state index in [-0.39, 0.29) is 64.0 Å². The van der Waals surface area contributed by atoms with Crippen LogP contribution < -0.4 is 52.0 Å². The lowest BCUT2D eigenvalue weighted by atomic mass is 9.96. The second kappa shape index (κ2) is 31.3. The molecule has 10 rings (SSSR count). The first-order valence-electron chi connectivity index (χ1n) is 28.9. The van der Waals surface area contributed by atoms with Crippen LogP contribution in [0.15, 0.2) is 103 Å². The van der Waals surface area contributed by atoms with Crippen LogP contribution in [0.5, 0.6) is 11.5 Å². The Labute approximate surface area is 498 Å². The molecule has 7 heterocycles. The predicted octanol–water partition coefficient (Wildman–Crippen LogP) is -0.542. The summed E-state index contributed by atoms with van der Waals surface area (Å²) < 4.78 is 11.4. The minimum absolute atomic E-state index is 0.131. The third-order valence-corrected chi connectivity index (χ3v) is 15.1. The number of carbonyl (C=O) groups excluding carboxylic acids is 10. The van der Waals surface area contributed by atoms with E-state index in [2.05, 4.69) is 47.5 Å². The van der Waals surface area contributed by atoms with E-state index >= 15 is 0 Å². The molecular formula is C61H77N11O14. The highest BCUT2D eigenvalue weighted by Gasteiger charge is 2.37. The van der Waals surface area contributed by atoms with Gasteiger partial charge in [0.15, 0.2) is 13.2 Å². The molecule has 1 aromatic heterocycles. The third kappa shape index (κ3) is 19.0. The summed E-state index contributed by atoms with van der Waals surface area (Å²) in [7, 11) is 0. The lowest BCUT2D eigenvalue weighted by Gasteiger charge is -2.33. The van der Waals surface area contributed by atoms with Crippen molar-refractivity contribution in [2.24, 2.45) is 11.8 Å². The van der Waals surface area contributed by atoms with E-state index < -0.39 is 108 Å². The average Bonchev–Trinajstić information content (AvgIpc) is 3.68. The van der Waals surface area contributed by atoms with Gasteiger partial charge in [-0.3, -0.25) is 52.9 Å². The zero-order chi connectivity index (χ0) is 61.9. The molecule has 4 aromatic rings. The number of nitrogens with zero attached hydrogens (tertiary/aromatic N) is 3. The highest BCUT2D eigenvalue weighted by Crippen LogP contribution is 2.22. The highest BCUT2D eigenvalue weighted by atomic mass is 16.5. The van der Waals surface area contributed by atoms with Crippen LogP contribution in [0.4, 0.5) is 0 Å². The van der Waals surface area contributed by atoms with Gasteiger partial charge < -0.3 is 72.0 Å². The number of amides is 10. The van der Waals surface area contributed by atoms with Crippen molar-refractivity contribution in [3.05, 3.63) is 126 Å². The van der Waals surface area contributed by atoms with Gasteiger partial charge in [-0.05, 0) is 106 Å². The van der Waals surface area contributed by atoms with Gasteiger partial charge in [-0.2, -0.15) is 0 Å². The molecule has 2 saturated heterocycles. The van der Waals surface area contributed by atoms with E-state index in [9.17, 15) is 58.2 Å². The molecule has 86 heavy (non-hydrogen) atoms. The Bertz CT molecular complexity index is 2810. The third-order valence-electron chi connectivity index (χ3n) is 15.1. The zero-order valence-corrected chi connectivity index (χ0v) is 48.6. The van der Waals surface area contributed by atoms with E-state index in [0.29, 0.717) is 50.3 Å². The number of fused-ring (bicyclic) bond motifs is 26. The number of rotatable bonds is 8. The SMILES string of the molecule is C[C@@H]1NC(=O)[C@H]([C@@H](C)O)NC(=O)[C@H]2CCCN(C2)C(=O)COc2ccc(cc2)C[C@@H](C(=O)NCc2ccccc2)NC1=O.C[C@@H]1NC(=O)[C@H]([C@@H](C)O)NC(=O)[C@H]2CCCN(C2)C(=O)COc2ccc(cc2)C[C@@H](C(=O)NCc2cccnc2)NC1=O. The van der Waals surface area contributed by atoms with E-state index in [4.69, 9.17) is 9.47 Å². The number of aliphatic hydroxyl groups is 2. The van der Waals surface area contributed by atoms with Gasteiger partial charge in [0.2, 0.25) is 47.3 Å². The summed E-state index contributed by atoms with van der Waals surface area (Å²) in [6.45, 7) is 6.90. The Morgan fingerprint density at radius 1 is 0.547 bits per heavy atom. The number of carbonyl (C=O) groups is 10. The minimum Gasteiger partial charge on any atom is -0.484 e. The molecule has 6 aliphatic rings. The molecular weight excluding hydrogens is 1110 g/mol. The average molecular weight is 1190 g/mol. The number of hydrogen-bond donors (Lipinski definition) is 10. The van der Waals surface area contributed by atoms with Crippen LogP contribution >= 0.6 is 0 Å². The van der Waals surface area contributed by atoms with Gasteiger partial charge in [0, 0.05) is 64.5 Å². The zero-order valence-electron chi connectivity index (χ0n) is 48.6. The Morgan fingerprint density at radius 2 is 0.965 bits per heavy atom. The van der Waals surface area contributed by atoms with Gasteiger partial charge in [-0.15, -0.1) is 0 Å². The van der Waals surface area contributed by atoms with Gasteiger partial charge in [0.1, 0.15) is 47.8 Å². The predicted molar refractivity (Wildman–Crippen MR) is 311 cm³/mol. The largest absolute Gasteiger partial charge is 0.484 e. The second-order valence-electron chi connectivity index (χ2n) is 22.0. The standard InChI is InChI=1S/C31H39N5O7.C30H38N6O7/c1-19-28(39)34-25(30(41)32-16-22-7-4-3-5-8-22)15-21-10-12-24(13-11-21)43-18-26(38)36-14-6-9-23(17-36)29(40)35-27(20(2)37)31(42)33-19;1-18-27(39)34-24(29(41)32-15-21-5-3-11-31-14-21)13-20-7-9-23(10-8-20)43-17-25(38)36-12-4-6-22(16-36)28(40)35-26(19(2)37)30(42)33-18/h3-5,7-8,10-13,19-20,23,25,27,37H,6,9,14-18H2,1-2H3,(H,32,41)(H,33,42)(H,34,39)(H,35,40);3,5,7-11,14,18-19,22,24,26,37H,4,6,12-13,15-17H2,1-2H3,(H,32,41)(H,33,42)(H,34,39)(H,35,40)/t19-,20+,23-,25-,27-;18-,19+,22-,24-,26-/m00/s1. The van der Waals surface area contributed by atoms with Crippen LogP contribution in [0.3, 0.4) is 0 Å². The van der Waals surface area contributed by atoms with Crippen molar-refractivity contribution in [1.82, 2.24) is 57.3 Å². The number of piperidine rings is 2.